The van der Waals surface area contributed by atoms with Crippen molar-refractivity contribution in [3.63, 3.8) is 0 Å². The Morgan fingerprint density at radius 2 is 2.20 bits per heavy atom. The lowest BCUT2D eigenvalue weighted by Crippen LogP contribution is -2.34. The predicted molar refractivity (Wildman–Crippen MR) is 85.1 cm³/mol. The molecule has 3 rings (SSSR count). The van der Waals surface area contributed by atoms with Crippen molar-refractivity contribution in [2.75, 3.05) is 25.0 Å². The fourth-order valence-corrected chi connectivity index (χ4v) is 3.15. The molecule has 2 heterocycles. The normalized spacial score (nSPS) is 19.5. The molecule has 2 aromatic rings. The standard InChI is InChI=1S/C17H23N3/c1-13-6-5-9-20(12-13)17-10-14(11-18-2)19-16-8-4-3-7-15(16)17/h3-4,7-8,10,13,18H,5-6,9,11-12H2,1-2H3. The Labute approximate surface area is 121 Å². The van der Waals surface area contributed by atoms with Crippen molar-refractivity contribution in [3.05, 3.63) is 36.0 Å². The highest BCUT2D eigenvalue weighted by atomic mass is 15.1. The highest BCUT2D eigenvalue weighted by Crippen LogP contribution is 2.30. The summed E-state index contributed by atoms with van der Waals surface area (Å²) < 4.78 is 0. The molecule has 0 amide bonds. The van der Waals surface area contributed by atoms with E-state index in [1.165, 1.54) is 23.9 Å². The number of rotatable bonds is 3. The van der Waals surface area contributed by atoms with E-state index in [0.29, 0.717) is 0 Å². The van der Waals surface area contributed by atoms with E-state index in [4.69, 9.17) is 4.98 Å². The zero-order valence-electron chi connectivity index (χ0n) is 12.4. The second kappa shape index (κ2) is 5.80. The lowest BCUT2D eigenvalue weighted by Gasteiger charge is -2.33. The predicted octanol–water partition coefficient (Wildman–Crippen LogP) is 3.19. The minimum Gasteiger partial charge on any atom is -0.371 e. The molecule has 3 nitrogen and oxygen atoms in total. The molecule has 1 N–H and O–H groups in total. The van der Waals surface area contributed by atoms with Crippen molar-refractivity contribution >= 4 is 16.6 Å². The van der Waals surface area contributed by atoms with Crippen LogP contribution in [0.25, 0.3) is 10.9 Å². The zero-order chi connectivity index (χ0) is 13.9. The smallest absolute Gasteiger partial charge is 0.0726 e. The van der Waals surface area contributed by atoms with Crippen molar-refractivity contribution < 1.29 is 0 Å². The van der Waals surface area contributed by atoms with Crippen LogP contribution in [-0.4, -0.2) is 25.1 Å². The SMILES string of the molecule is CNCc1cc(N2CCCC(C)C2)c2ccccc2n1. The molecule has 1 aromatic heterocycles. The summed E-state index contributed by atoms with van der Waals surface area (Å²) >= 11 is 0. The fraction of sp³-hybridized carbons (Fsp3) is 0.471. The first-order chi connectivity index (χ1) is 9.78. The summed E-state index contributed by atoms with van der Waals surface area (Å²) in [7, 11) is 1.97. The summed E-state index contributed by atoms with van der Waals surface area (Å²) in [5.41, 5.74) is 3.58. The maximum Gasteiger partial charge on any atom is 0.0726 e. The number of hydrogen-bond acceptors (Lipinski definition) is 3. The van der Waals surface area contributed by atoms with Crippen LogP contribution in [0.15, 0.2) is 30.3 Å². The van der Waals surface area contributed by atoms with Crippen LogP contribution in [0.2, 0.25) is 0 Å². The summed E-state index contributed by atoms with van der Waals surface area (Å²) in [6.45, 7) is 5.50. The summed E-state index contributed by atoms with van der Waals surface area (Å²) in [6.07, 6.45) is 2.64. The summed E-state index contributed by atoms with van der Waals surface area (Å²) in [5, 5.41) is 4.49. The number of aromatic nitrogens is 1. The van der Waals surface area contributed by atoms with Gasteiger partial charge in [-0.05, 0) is 37.9 Å². The molecule has 0 bridgehead atoms. The Morgan fingerprint density at radius 3 is 3.00 bits per heavy atom. The summed E-state index contributed by atoms with van der Waals surface area (Å²) in [6, 6.07) is 10.8. The largest absolute Gasteiger partial charge is 0.371 e. The van der Waals surface area contributed by atoms with Gasteiger partial charge in [0.1, 0.15) is 0 Å². The molecule has 0 saturated carbocycles. The third kappa shape index (κ3) is 2.63. The molecular formula is C17H23N3. The van der Waals surface area contributed by atoms with Gasteiger partial charge >= 0.3 is 0 Å². The van der Waals surface area contributed by atoms with Gasteiger partial charge in [0.15, 0.2) is 0 Å². The molecule has 0 radical (unpaired) electrons. The van der Waals surface area contributed by atoms with Crippen LogP contribution in [0.3, 0.4) is 0 Å². The van der Waals surface area contributed by atoms with Crippen LogP contribution >= 0.6 is 0 Å². The number of piperidine rings is 1. The first-order valence-electron chi connectivity index (χ1n) is 7.56. The monoisotopic (exact) mass is 269 g/mol. The van der Waals surface area contributed by atoms with Gasteiger partial charge < -0.3 is 10.2 Å². The third-order valence-electron chi connectivity index (χ3n) is 4.10. The number of benzene rings is 1. The van der Waals surface area contributed by atoms with Crippen molar-refractivity contribution in [2.24, 2.45) is 5.92 Å². The van der Waals surface area contributed by atoms with Crippen LogP contribution in [-0.2, 0) is 6.54 Å². The molecular weight excluding hydrogens is 246 g/mol. The third-order valence-corrected chi connectivity index (χ3v) is 4.10. The van der Waals surface area contributed by atoms with E-state index in [-0.39, 0.29) is 0 Å². The molecule has 1 aliphatic heterocycles. The Hall–Kier alpha value is -1.61. The Balaban J connectivity index is 2.06. The molecule has 1 aliphatic rings. The molecule has 1 saturated heterocycles. The van der Waals surface area contributed by atoms with E-state index in [9.17, 15) is 0 Å². The summed E-state index contributed by atoms with van der Waals surface area (Å²) in [4.78, 5) is 7.29. The topological polar surface area (TPSA) is 28.2 Å². The van der Waals surface area contributed by atoms with Crippen molar-refractivity contribution in [1.82, 2.24) is 10.3 Å². The molecule has 3 heteroatoms. The number of para-hydroxylation sites is 1. The fourth-order valence-electron chi connectivity index (χ4n) is 3.15. The van der Waals surface area contributed by atoms with Crippen molar-refractivity contribution in [2.45, 2.75) is 26.3 Å². The quantitative estimate of drug-likeness (QED) is 0.927. The van der Waals surface area contributed by atoms with E-state index in [0.717, 1.165) is 36.8 Å². The second-order valence-electron chi connectivity index (χ2n) is 5.87. The lowest BCUT2D eigenvalue weighted by atomic mass is 9.99. The molecule has 1 unspecified atom stereocenters. The van der Waals surface area contributed by atoms with Crippen LogP contribution in [0.4, 0.5) is 5.69 Å². The van der Waals surface area contributed by atoms with E-state index >= 15 is 0 Å². The van der Waals surface area contributed by atoms with Crippen molar-refractivity contribution in [1.29, 1.82) is 0 Å². The molecule has 20 heavy (non-hydrogen) atoms. The maximum absolute atomic E-state index is 4.75. The molecule has 1 atom stereocenters. The molecule has 1 fully saturated rings. The van der Waals surface area contributed by atoms with E-state index in [1.807, 2.05) is 7.05 Å². The molecule has 106 valence electrons. The van der Waals surface area contributed by atoms with Gasteiger partial charge in [0, 0.05) is 30.7 Å². The zero-order valence-corrected chi connectivity index (χ0v) is 12.4. The molecule has 0 aliphatic carbocycles. The Bertz CT molecular complexity index is 594. The first kappa shape index (κ1) is 13.4. The van der Waals surface area contributed by atoms with Gasteiger partial charge in [-0.2, -0.15) is 0 Å². The first-order valence-corrected chi connectivity index (χ1v) is 7.56. The van der Waals surface area contributed by atoms with Gasteiger partial charge in [0.25, 0.3) is 0 Å². The van der Waals surface area contributed by atoms with Crippen LogP contribution in [0.1, 0.15) is 25.5 Å². The van der Waals surface area contributed by atoms with Gasteiger partial charge in [-0.1, -0.05) is 25.1 Å². The Kier molecular flexibility index (Phi) is 3.88. The minimum atomic E-state index is 0.781. The number of hydrogen-bond donors (Lipinski definition) is 1. The Morgan fingerprint density at radius 1 is 1.35 bits per heavy atom. The van der Waals surface area contributed by atoms with Gasteiger partial charge in [-0.15, -0.1) is 0 Å². The van der Waals surface area contributed by atoms with E-state index < -0.39 is 0 Å². The molecule has 1 aromatic carbocycles. The average molecular weight is 269 g/mol. The second-order valence-corrected chi connectivity index (χ2v) is 5.87. The molecule has 0 spiro atoms. The van der Waals surface area contributed by atoms with Crippen LogP contribution in [0, 0.1) is 5.92 Å². The lowest BCUT2D eigenvalue weighted by molar-refractivity contribution is 0.447. The maximum atomic E-state index is 4.75. The number of pyridine rings is 1. The number of fused-ring (bicyclic) bond motifs is 1. The van der Waals surface area contributed by atoms with Gasteiger partial charge in [-0.3, -0.25) is 4.98 Å². The van der Waals surface area contributed by atoms with Gasteiger partial charge in [0.2, 0.25) is 0 Å². The van der Waals surface area contributed by atoms with E-state index in [2.05, 4.69) is 47.5 Å². The number of anilines is 1. The highest BCUT2D eigenvalue weighted by Gasteiger charge is 2.19. The minimum absolute atomic E-state index is 0.781. The highest BCUT2D eigenvalue weighted by molar-refractivity contribution is 5.92. The van der Waals surface area contributed by atoms with Crippen LogP contribution in [0.5, 0.6) is 0 Å². The average Bonchev–Trinajstić information content (AvgIpc) is 2.47. The van der Waals surface area contributed by atoms with Crippen molar-refractivity contribution in [3.8, 4) is 0 Å². The van der Waals surface area contributed by atoms with Gasteiger partial charge in [-0.25, -0.2) is 0 Å². The number of nitrogens with zero attached hydrogens (tertiary/aromatic N) is 2. The summed E-state index contributed by atoms with van der Waals surface area (Å²) in [5.74, 6) is 0.781. The van der Waals surface area contributed by atoms with Crippen LogP contribution < -0.4 is 10.2 Å². The van der Waals surface area contributed by atoms with Gasteiger partial charge in [0.05, 0.1) is 11.2 Å². The van der Waals surface area contributed by atoms with E-state index in [1.54, 1.807) is 0 Å². The number of nitrogens with one attached hydrogen (secondary N) is 1.